The lowest BCUT2D eigenvalue weighted by molar-refractivity contribution is 0.0606. The van der Waals surface area contributed by atoms with E-state index in [1.807, 2.05) is 0 Å². The van der Waals surface area contributed by atoms with Gasteiger partial charge in [0.1, 0.15) is 4.88 Å². The molecule has 0 saturated heterocycles. The topological polar surface area (TPSA) is 61.5 Å². The number of rotatable bonds is 5. The first-order valence-electron chi connectivity index (χ1n) is 4.29. The minimum absolute atomic E-state index is 0.330. The predicted octanol–water partition coefficient (Wildman–Crippen LogP) is 1.26. The van der Waals surface area contributed by atoms with Gasteiger partial charge in [-0.2, -0.15) is 0 Å². The summed E-state index contributed by atoms with van der Waals surface area (Å²) >= 11 is 1.28. The second kappa shape index (κ2) is 5.62. The molecular weight excluding hydrogens is 202 g/mol. The Morgan fingerprint density at radius 3 is 3.00 bits per heavy atom. The Morgan fingerprint density at radius 1 is 1.57 bits per heavy atom. The smallest absolute Gasteiger partial charge is 0.348 e. The molecule has 0 atom stereocenters. The molecule has 0 aliphatic rings. The summed E-state index contributed by atoms with van der Waals surface area (Å²) in [5.41, 5.74) is 5.32. The van der Waals surface area contributed by atoms with E-state index in [0.717, 1.165) is 11.5 Å². The van der Waals surface area contributed by atoms with Gasteiger partial charge >= 0.3 is 5.97 Å². The molecule has 0 saturated carbocycles. The Bertz CT molecular complexity index is 298. The molecule has 0 aromatic carbocycles. The Morgan fingerprint density at radius 2 is 2.36 bits per heavy atom. The number of hydrogen-bond acceptors (Lipinski definition) is 5. The molecule has 0 unspecified atom stereocenters. The van der Waals surface area contributed by atoms with Crippen LogP contribution in [0, 0.1) is 0 Å². The van der Waals surface area contributed by atoms with Crippen LogP contribution >= 0.6 is 11.3 Å². The normalized spacial score (nSPS) is 9.86. The van der Waals surface area contributed by atoms with Gasteiger partial charge in [0.25, 0.3) is 0 Å². The Balaban J connectivity index is 2.46. The van der Waals surface area contributed by atoms with Crippen LogP contribution < -0.4 is 10.5 Å². The molecular formula is C9H13NO3S. The van der Waals surface area contributed by atoms with Crippen molar-refractivity contribution in [3.05, 3.63) is 17.0 Å². The number of hydrogen-bond donors (Lipinski definition) is 1. The third kappa shape index (κ3) is 3.01. The molecule has 0 amide bonds. The Kier molecular flexibility index (Phi) is 4.42. The number of ether oxygens (including phenoxy) is 2. The summed E-state index contributed by atoms with van der Waals surface area (Å²) < 4.78 is 9.92. The van der Waals surface area contributed by atoms with E-state index in [1.165, 1.54) is 18.4 Å². The lowest BCUT2D eigenvalue weighted by atomic mass is 10.4. The molecule has 78 valence electrons. The predicted molar refractivity (Wildman–Crippen MR) is 54.8 cm³/mol. The zero-order valence-corrected chi connectivity index (χ0v) is 8.80. The first kappa shape index (κ1) is 11.0. The lowest BCUT2D eigenvalue weighted by Gasteiger charge is -2.00. The minimum atomic E-state index is -0.330. The molecule has 0 aliphatic carbocycles. The maximum atomic E-state index is 11.1. The van der Waals surface area contributed by atoms with Crippen LogP contribution in [0.4, 0.5) is 0 Å². The fourth-order valence-electron chi connectivity index (χ4n) is 0.864. The van der Waals surface area contributed by atoms with Crippen molar-refractivity contribution in [3.63, 3.8) is 0 Å². The number of nitrogens with two attached hydrogens (primary N) is 1. The van der Waals surface area contributed by atoms with Gasteiger partial charge in [0, 0.05) is 0 Å². The number of carbonyl (C=O) groups excluding carboxylic acids is 1. The zero-order valence-electron chi connectivity index (χ0n) is 7.99. The van der Waals surface area contributed by atoms with Crippen molar-refractivity contribution < 1.29 is 14.3 Å². The minimum Gasteiger partial charge on any atom is -0.484 e. The van der Waals surface area contributed by atoms with Crippen molar-refractivity contribution in [1.82, 2.24) is 0 Å². The number of methoxy groups -OCH3 is 1. The van der Waals surface area contributed by atoms with Gasteiger partial charge in [-0.1, -0.05) is 11.3 Å². The van der Waals surface area contributed by atoms with Crippen LogP contribution in [0.15, 0.2) is 12.1 Å². The number of thiophene rings is 1. The van der Waals surface area contributed by atoms with Crippen molar-refractivity contribution in [2.45, 2.75) is 6.42 Å². The zero-order chi connectivity index (χ0) is 10.4. The maximum absolute atomic E-state index is 11.1. The van der Waals surface area contributed by atoms with Gasteiger partial charge in [-0.15, -0.1) is 0 Å². The quantitative estimate of drug-likeness (QED) is 0.593. The van der Waals surface area contributed by atoms with Crippen molar-refractivity contribution in [2.75, 3.05) is 20.3 Å². The van der Waals surface area contributed by atoms with Crippen LogP contribution in [0.5, 0.6) is 5.06 Å². The molecule has 1 rings (SSSR count). The van der Waals surface area contributed by atoms with Gasteiger partial charge < -0.3 is 15.2 Å². The number of carbonyl (C=O) groups is 1. The summed E-state index contributed by atoms with van der Waals surface area (Å²) in [5.74, 6) is -0.330. The number of esters is 1. The van der Waals surface area contributed by atoms with Crippen LogP contribution in [0.25, 0.3) is 0 Å². The highest BCUT2D eigenvalue weighted by molar-refractivity contribution is 7.15. The van der Waals surface area contributed by atoms with Crippen molar-refractivity contribution >= 4 is 17.3 Å². The van der Waals surface area contributed by atoms with E-state index in [9.17, 15) is 4.79 Å². The van der Waals surface area contributed by atoms with E-state index in [1.54, 1.807) is 12.1 Å². The molecule has 0 spiro atoms. The highest BCUT2D eigenvalue weighted by atomic mass is 32.1. The van der Waals surface area contributed by atoms with Crippen LogP contribution in [0.3, 0.4) is 0 Å². The van der Waals surface area contributed by atoms with E-state index < -0.39 is 0 Å². The fraction of sp³-hybridized carbons (Fsp3) is 0.444. The molecule has 14 heavy (non-hydrogen) atoms. The third-order valence-corrected chi connectivity index (χ3v) is 2.54. The molecule has 0 radical (unpaired) electrons. The fourth-order valence-corrected chi connectivity index (χ4v) is 1.66. The molecule has 5 heteroatoms. The van der Waals surface area contributed by atoms with Crippen molar-refractivity contribution in [1.29, 1.82) is 0 Å². The summed E-state index contributed by atoms with van der Waals surface area (Å²) in [4.78, 5) is 11.6. The summed E-state index contributed by atoms with van der Waals surface area (Å²) in [5, 5.41) is 0.721. The van der Waals surface area contributed by atoms with Gasteiger partial charge in [-0.3, -0.25) is 0 Å². The van der Waals surface area contributed by atoms with Crippen LogP contribution in [0.2, 0.25) is 0 Å². The maximum Gasteiger partial charge on any atom is 0.348 e. The summed E-state index contributed by atoms with van der Waals surface area (Å²) in [6, 6.07) is 3.45. The highest BCUT2D eigenvalue weighted by Gasteiger charge is 2.09. The standard InChI is InChI=1S/C9H13NO3S/c1-12-9(11)7-3-4-8(14-7)13-6-2-5-10/h3-4H,2,5-6,10H2,1H3. The van der Waals surface area contributed by atoms with Crippen molar-refractivity contribution in [3.8, 4) is 5.06 Å². The van der Waals surface area contributed by atoms with Gasteiger partial charge in [-0.05, 0) is 25.1 Å². The first-order chi connectivity index (χ1) is 6.77. The average molecular weight is 215 g/mol. The molecule has 1 aromatic rings. The molecule has 2 N–H and O–H groups in total. The van der Waals surface area contributed by atoms with E-state index in [-0.39, 0.29) is 5.97 Å². The van der Waals surface area contributed by atoms with E-state index >= 15 is 0 Å². The van der Waals surface area contributed by atoms with Crippen LogP contribution in [-0.4, -0.2) is 26.2 Å². The van der Waals surface area contributed by atoms with Gasteiger partial charge in [0.15, 0.2) is 5.06 Å². The monoisotopic (exact) mass is 215 g/mol. The van der Waals surface area contributed by atoms with E-state index in [4.69, 9.17) is 10.5 Å². The van der Waals surface area contributed by atoms with Gasteiger partial charge in [0.05, 0.1) is 13.7 Å². The Hall–Kier alpha value is -1.07. The highest BCUT2D eigenvalue weighted by Crippen LogP contribution is 2.24. The molecule has 4 nitrogen and oxygen atoms in total. The van der Waals surface area contributed by atoms with Crippen LogP contribution in [-0.2, 0) is 4.74 Å². The van der Waals surface area contributed by atoms with Crippen molar-refractivity contribution in [2.24, 2.45) is 5.73 Å². The third-order valence-electron chi connectivity index (χ3n) is 1.56. The summed E-state index contributed by atoms with van der Waals surface area (Å²) in [6.07, 6.45) is 0.811. The molecule has 0 fully saturated rings. The van der Waals surface area contributed by atoms with E-state index in [0.29, 0.717) is 18.0 Å². The molecule has 0 aliphatic heterocycles. The molecule has 1 heterocycles. The Labute approximate surface area is 86.6 Å². The second-order valence-electron chi connectivity index (χ2n) is 2.60. The van der Waals surface area contributed by atoms with Crippen LogP contribution in [0.1, 0.15) is 16.1 Å². The molecule has 0 bridgehead atoms. The summed E-state index contributed by atoms with van der Waals surface area (Å²) in [6.45, 7) is 1.19. The SMILES string of the molecule is COC(=O)c1ccc(OCCCN)s1. The van der Waals surface area contributed by atoms with E-state index in [2.05, 4.69) is 4.74 Å². The average Bonchev–Trinajstić information content (AvgIpc) is 2.66. The lowest BCUT2D eigenvalue weighted by Crippen LogP contribution is -2.05. The largest absolute Gasteiger partial charge is 0.484 e. The van der Waals surface area contributed by atoms with Gasteiger partial charge in [0.2, 0.25) is 0 Å². The van der Waals surface area contributed by atoms with Gasteiger partial charge in [-0.25, -0.2) is 4.79 Å². The second-order valence-corrected chi connectivity index (χ2v) is 3.65. The first-order valence-corrected chi connectivity index (χ1v) is 5.10. The summed E-state index contributed by atoms with van der Waals surface area (Å²) in [7, 11) is 1.36. The molecule has 1 aromatic heterocycles.